The summed E-state index contributed by atoms with van der Waals surface area (Å²) >= 11 is 0. The molecule has 7 heteroatoms. The van der Waals surface area contributed by atoms with Crippen LogP contribution < -0.4 is 0 Å². The molecule has 0 saturated carbocycles. The first kappa shape index (κ1) is 17.0. The van der Waals surface area contributed by atoms with E-state index < -0.39 is 18.3 Å². The Kier molecular flexibility index (Phi) is 4.62. The number of benzene rings is 1. The second-order valence-corrected chi connectivity index (χ2v) is 6.29. The number of aromatic nitrogens is 3. The van der Waals surface area contributed by atoms with E-state index in [0.717, 1.165) is 16.7 Å². The second kappa shape index (κ2) is 6.55. The summed E-state index contributed by atoms with van der Waals surface area (Å²) in [5.74, 6) is 0.704. The summed E-state index contributed by atoms with van der Waals surface area (Å²) in [6.45, 7) is 1.19. The van der Waals surface area contributed by atoms with Gasteiger partial charge in [-0.2, -0.15) is 18.3 Å². The molecule has 0 radical (unpaired) electrons. The summed E-state index contributed by atoms with van der Waals surface area (Å²) in [5.41, 5.74) is 0.318. The summed E-state index contributed by atoms with van der Waals surface area (Å²) < 4.78 is 45.2. The Bertz CT molecular complexity index is 676. The molecule has 0 aliphatic carbocycles. The van der Waals surface area contributed by atoms with Crippen molar-refractivity contribution >= 4 is 0 Å². The minimum absolute atomic E-state index is 0.278. The summed E-state index contributed by atoms with van der Waals surface area (Å²) in [4.78, 5) is 4.39. The number of nitrogens with zero attached hydrogens (tertiary/aromatic N) is 3. The first-order chi connectivity index (χ1) is 11.4. The SMILES string of the molecule is C[C@]1(c2nc(CCc3ccccc3)nn2CC(F)(F)F)CCCO1. The lowest BCUT2D eigenvalue weighted by Gasteiger charge is -2.22. The average molecular weight is 339 g/mol. The zero-order chi connectivity index (χ0) is 17.2. The zero-order valence-corrected chi connectivity index (χ0v) is 13.5. The van der Waals surface area contributed by atoms with Gasteiger partial charge in [-0.3, -0.25) is 0 Å². The van der Waals surface area contributed by atoms with E-state index >= 15 is 0 Å². The molecular weight excluding hydrogens is 319 g/mol. The molecule has 2 heterocycles. The van der Waals surface area contributed by atoms with Crippen molar-refractivity contribution in [2.45, 2.75) is 50.9 Å². The van der Waals surface area contributed by atoms with Gasteiger partial charge in [0.15, 0.2) is 11.6 Å². The van der Waals surface area contributed by atoms with E-state index in [9.17, 15) is 13.2 Å². The van der Waals surface area contributed by atoms with E-state index in [1.54, 1.807) is 6.92 Å². The summed E-state index contributed by atoms with van der Waals surface area (Å²) in [6.07, 6.45) is -1.68. The molecule has 0 amide bonds. The van der Waals surface area contributed by atoms with Crippen LogP contribution in [0.5, 0.6) is 0 Å². The second-order valence-electron chi connectivity index (χ2n) is 6.29. The standard InChI is InChI=1S/C17H20F3N3O/c1-16(10-5-11-24-16)15-21-14(22-23(15)12-17(18,19)20)9-8-13-6-3-2-4-7-13/h2-4,6-7H,5,8-12H2,1H3/t16-/m1/s1. The van der Waals surface area contributed by atoms with Crippen LogP contribution in [0.4, 0.5) is 13.2 Å². The molecule has 0 unspecified atom stereocenters. The molecule has 130 valence electrons. The highest BCUT2D eigenvalue weighted by Gasteiger charge is 2.40. The van der Waals surface area contributed by atoms with E-state index in [2.05, 4.69) is 10.1 Å². The Balaban J connectivity index is 1.82. The van der Waals surface area contributed by atoms with E-state index in [1.165, 1.54) is 0 Å². The van der Waals surface area contributed by atoms with Crippen LogP contribution in [0.1, 0.15) is 37.0 Å². The third kappa shape index (κ3) is 3.95. The first-order valence-electron chi connectivity index (χ1n) is 8.05. The normalized spacial score (nSPS) is 21.3. The Morgan fingerprint density at radius 2 is 1.96 bits per heavy atom. The van der Waals surface area contributed by atoms with E-state index in [4.69, 9.17) is 4.74 Å². The smallest absolute Gasteiger partial charge is 0.367 e. The largest absolute Gasteiger partial charge is 0.408 e. The highest BCUT2D eigenvalue weighted by molar-refractivity contribution is 5.16. The molecule has 0 N–H and O–H groups in total. The highest BCUT2D eigenvalue weighted by Crippen LogP contribution is 2.35. The molecule has 0 spiro atoms. The third-order valence-electron chi connectivity index (χ3n) is 4.22. The van der Waals surface area contributed by atoms with Gasteiger partial charge in [0.25, 0.3) is 0 Å². The molecule has 1 aliphatic rings. The van der Waals surface area contributed by atoms with Gasteiger partial charge in [-0.05, 0) is 31.7 Å². The molecule has 1 aliphatic heterocycles. The van der Waals surface area contributed by atoms with Gasteiger partial charge in [-0.1, -0.05) is 30.3 Å². The van der Waals surface area contributed by atoms with Crippen LogP contribution in [-0.2, 0) is 29.7 Å². The number of hydrogen-bond acceptors (Lipinski definition) is 3. The predicted octanol–water partition coefficient (Wildman–Crippen LogP) is 3.65. The molecule has 1 aromatic heterocycles. The van der Waals surface area contributed by atoms with Gasteiger partial charge >= 0.3 is 6.18 Å². The molecule has 3 rings (SSSR count). The number of hydrogen-bond donors (Lipinski definition) is 0. The Morgan fingerprint density at radius 1 is 1.21 bits per heavy atom. The van der Waals surface area contributed by atoms with Crippen LogP contribution in [-0.4, -0.2) is 27.5 Å². The predicted molar refractivity (Wildman–Crippen MR) is 82.5 cm³/mol. The van der Waals surface area contributed by atoms with Gasteiger partial charge in [-0.25, -0.2) is 9.67 Å². The summed E-state index contributed by atoms with van der Waals surface area (Å²) in [5, 5.41) is 4.11. The first-order valence-corrected chi connectivity index (χ1v) is 8.05. The number of aryl methyl sites for hydroxylation is 2. The molecule has 2 aromatic rings. The molecular formula is C17H20F3N3O. The van der Waals surface area contributed by atoms with E-state index in [1.807, 2.05) is 30.3 Å². The van der Waals surface area contributed by atoms with Gasteiger partial charge in [0.1, 0.15) is 12.1 Å². The van der Waals surface area contributed by atoms with Crippen LogP contribution in [0.3, 0.4) is 0 Å². The lowest BCUT2D eigenvalue weighted by atomic mass is 10.0. The van der Waals surface area contributed by atoms with Crippen molar-refractivity contribution in [3.05, 3.63) is 47.5 Å². The van der Waals surface area contributed by atoms with Crippen LogP contribution in [0, 0.1) is 0 Å². The van der Waals surface area contributed by atoms with Crippen molar-refractivity contribution < 1.29 is 17.9 Å². The number of alkyl halides is 3. The van der Waals surface area contributed by atoms with Crippen molar-refractivity contribution in [1.82, 2.24) is 14.8 Å². The van der Waals surface area contributed by atoms with E-state index in [0.29, 0.717) is 31.7 Å². The van der Waals surface area contributed by atoms with Gasteiger partial charge in [0.05, 0.1) is 0 Å². The Labute approximate surface area is 138 Å². The van der Waals surface area contributed by atoms with Crippen LogP contribution in [0.15, 0.2) is 30.3 Å². The molecule has 1 atom stereocenters. The fraction of sp³-hybridized carbons (Fsp3) is 0.529. The van der Waals surface area contributed by atoms with Crippen LogP contribution in [0.2, 0.25) is 0 Å². The Hall–Kier alpha value is -1.89. The number of ether oxygens (including phenoxy) is 1. The quantitative estimate of drug-likeness (QED) is 0.835. The maximum Gasteiger partial charge on any atom is 0.408 e. The lowest BCUT2D eigenvalue weighted by molar-refractivity contribution is -0.144. The maximum absolute atomic E-state index is 12.9. The zero-order valence-electron chi connectivity index (χ0n) is 13.5. The lowest BCUT2D eigenvalue weighted by Crippen LogP contribution is -2.29. The molecule has 1 fully saturated rings. The van der Waals surface area contributed by atoms with E-state index in [-0.39, 0.29) is 5.82 Å². The van der Waals surface area contributed by atoms with Gasteiger partial charge < -0.3 is 4.74 Å². The van der Waals surface area contributed by atoms with Crippen LogP contribution >= 0.6 is 0 Å². The van der Waals surface area contributed by atoms with Crippen molar-refractivity contribution in [2.75, 3.05) is 6.61 Å². The van der Waals surface area contributed by atoms with Crippen LogP contribution in [0.25, 0.3) is 0 Å². The van der Waals surface area contributed by atoms with Gasteiger partial charge in [0.2, 0.25) is 0 Å². The van der Waals surface area contributed by atoms with Crippen molar-refractivity contribution in [3.63, 3.8) is 0 Å². The number of halogens is 3. The van der Waals surface area contributed by atoms with Crippen molar-refractivity contribution in [1.29, 1.82) is 0 Å². The molecule has 1 aromatic carbocycles. The van der Waals surface area contributed by atoms with Crippen molar-refractivity contribution in [3.8, 4) is 0 Å². The minimum Gasteiger partial charge on any atom is -0.367 e. The molecule has 0 bridgehead atoms. The fourth-order valence-electron chi connectivity index (χ4n) is 3.02. The summed E-state index contributed by atoms with van der Waals surface area (Å²) in [7, 11) is 0. The average Bonchev–Trinajstić information content (AvgIpc) is 3.12. The monoisotopic (exact) mass is 339 g/mol. The van der Waals surface area contributed by atoms with Gasteiger partial charge in [-0.15, -0.1) is 0 Å². The minimum atomic E-state index is -4.34. The fourth-order valence-corrected chi connectivity index (χ4v) is 3.02. The number of rotatable bonds is 5. The molecule has 1 saturated heterocycles. The third-order valence-corrected chi connectivity index (χ3v) is 4.22. The topological polar surface area (TPSA) is 39.9 Å². The van der Waals surface area contributed by atoms with Crippen molar-refractivity contribution in [2.24, 2.45) is 0 Å². The molecule has 4 nitrogen and oxygen atoms in total. The van der Waals surface area contributed by atoms with Gasteiger partial charge in [0, 0.05) is 13.0 Å². The maximum atomic E-state index is 12.9. The highest BCUT2D eigenvalue weighted by atomic mass is 19.4. The summed E-state index contributed by atoms with van der Waals surface area (Å²) in [6, 6.07) is 9.76. The molecule has 24 heavy (non-hydrogen) atoms. The Morgan fingerprint density at radius 3 is 2.58 bits per heavy atom.